The van der Waals surface area contributed by atoms with Crippen molar-refractivity contribution in [3.05, 3.63) is 71.8 Å². The molecule has 95 heavy (non-hydrogen) atoms. The van der Waals surface area contributed by atoms with Crippen LogP contribution in [0.15, 0.2) is 65.7 Å². The first-order valence-electron chi connectivity index (χ1n) is 32.1. The molecule has 12 amide bonds. The molecule has 2 aliphatic rings. The molecule has 2 aromatic rings. The third-order valence-electron chi connectivity index (χ3n) is 16.0. The molecule has 2 heterocycles. The zero-order valence-corrected chi connectivity index (χ0v) is 55.2. The average molecular weight is 1350 g/mol. The predicted molar refractivity (Wildman–Crippen MR) is 354 cm³/mol. The number of carboxylic acids is 1. The van der Waals surface area contributed by atoms with E-state index in [1.807, 2.05) is 0 Å². The number of aliphatic imine (C=N–C) groups is 1. The van der Waals surface area contributed by atoms with E-state index in [2.05, 4.69) is 47.5 Å². The summed E-state index contributed by atoms with van der Waals surface area (Å²) in [6.07, 6.45) is 2.86. The highest BCUT2D eigenvalue weighted by Gasteiger charge is 2.42. The first-order valence-corrected chi connectivity index (χ1v) is 33.5. The van der Waals surface area contributed by atoms with Crippen LogP contribution in [-0.2, 0) is 75.2 Å². The molecule has 524 valence electrons. The van der Waals surface area contributed by atoms with Crippen molar-refractivity contribution in [1.82, 2.24) is 52.3 Å². The van der Waals surface area contributed by atoms with Gasteiger partial charge < -0.3 is 91.8 Å². The predicted octanol–water partition coefficient (Wildman–Crippen LogP) is -3.11. The van der Waals surface area contributed by atoms with Crippen LogP contribution in [0.3, 0.4) is 0 Å². The lowest BCUT2D eigenvalue weighted by molar-refractivity contribution is -0.144. The minimum atomic E-state index is -1.65. The zero-order chi connectivity index (χ0) is 70.1. The second-order valence-corrected chi connectivity index (χ2v) is 25.0. The third-order valence-corrected chi connectivity index (χ3v) is 16.6. The number of nitrogens with zero attached hydrogens (tertiary/aromatic N) is 3. The maximum Gasteiger partial charge on any atom is 0.326 e. The monoisotopic (exact) mass is 1350 g/mol. The van der Waals surface area contributed by atoms with Gasteiger partial charge in [0.05, 0.1) is 12.6 Å². The number of thioether (sulfide) groups is 1. The van der Waals surface area contributed by atoms with E-state index in [1.165, 1.54) is 21.6 Å². The van der Waals surface area contributed by atoms with Crippen LogP contribution in [0.2, 0.25) is 0 Å². The molecule has 0 saturated carbocycles. The van der Waals surface area contributed by atoms with E-state index in [9.17, 15) is 67.4 Å². The fourth-order valence-electron chi connectivity index (χ4n) is 11.0. The van der Waals surface area contributed by atoms with Gasteiger partial charge in [-0.25, -0.2) is 4.79 Å². The summed E-state index contributed by atoms with van der Waals surface area (Å²) in [5.74, 6) is -10.6. The number of likely N-dealkylation sites (tertiary alicyclic amines) is 2. The highest BCUT2D eigenvalue weighted by Crippen LogP contribution is 2.24. The SMILES string of the molecule is CSCC[C@H](NC(=O)[C@@H](CC(C)C)NC(=O)CNC(=O)[C@@H](Cc1ccccc1)NC(=O)[C@@H](Cc1ccccc1)NC(=O)[C@H](CCC(N)=O)NC(=O)[C@H](CCC(N)=O)NC(=O)[C@H]1CCCN1C(=O)[C@@H](CCCCN)NC(=O)[C@@H]1CCCN1C(=O)[C@@H](N)CCCN=C(N)N)C(=O)O. The molecule has 4 rings (SSSR count). The van der Waals surface area contributed by atoms with Crippen molar-refractivity contribution in [3.63, 3.8) is 0 Å². The molecule has 21 N–H and O–H groups in total. The highest BCUT2D eigenvalue weighted by molar-refractivity contribution is 7.98. The van der Waals surface area contributed by atoms with Crippen LogP contribution >= 0.6 is 11.8 Å². The Balaban J connectivity index is 1.56. The van der Waals surface area contributed by atoms with Crippen LogP contribution in [0, 0.1) is 5.92 Å². The van der Waals surface area contributed by atoms with Crippen molar-refractivity contribution >= 4 is 94.6 Å². The molecule has 0 radical (unpaired) electrons. The number of unbranched alkanes of at least 4 members (excludes halogenated alkanes) is 1. The number of carbonyl (C=O) groups excluding carboxylic acids is 12. The fourth-order valence-corrected chi connectivity index (χ4v) is 11.5. The highest BCUT2D eigenvalue weighted by atomic mass is 32.2. The van der Waals surface area contributed by atoms with E-state index >= 15 is 0 Å². The maximum atomic E-state index is 14.7. The van der Waals surface area contributed by atoms with Crippen molar-refractivity contribution in [2.24, 2.45) is 45.3 Å². The van der Waals surface area contributed by atoms with Gasteiger partial charge in [-0.1, -0.05) is 74.5 Å². The number of rotatable bonds is 42. The number of amides is 12. The number of hydrogen-bond donors (Lipinski definition) is 15. The molecule has 31 nitrogen and oxygen atoms in total. The van der Waals surface area contributed by atoms with Gasteiger partial charge >= 0.3 is 5.97 Å². The number of guanidine groups is 1. The van der Waals surface area contributed by atoms with Crippen LogP contribution in [0.5, 0.6) is 0 Å². The topological polar surface area (TPSA) is 513 Å². The van der Waals surface area contributed by atoms with Crippen LogP contribution in [0.4, 0.5) is 0 Å². The zero-order valence-electron chi connectivity index (χ0n) is 54.4. The van der Waals surface area contributed by atoms with Crippen molar-refractivity contribution in [3.8, 4) is 0 Å². The molecule has 0 unspecified atom stereocenters. The molecule has 2 fully saturated rings. The summed E-state index contributed by atoms with van der Waals surface area (Å²) >= 11 is 1.40. The molecule has 0 aromatic heterocycles. The minimum Gasteiger partial charge on any atom is -0.480 e. The second-order valence-electron chi connectivity index (χ2n) is 24.1. The number of nitrogens with one attached hydrogen (secondary N) is 8. The van der Waals surface area contributed by atoms with Crippen LogP contribution in [-0.4, -0.2) is 203 Å². The van der Waals surface area contributed by atoms with Gasteiger partial charge in [0.25, 0.3) is 0 Å². The van der Waals surface area contributed by atoms with Crippen molar-refractivity contribution in [2.75, 3.05) is 44.7 Å². The normalized spacial score (nSPS) is 16.8. The Morgan fingerprint density at radius 1 is 0.558 bits per heavy atom. The van der Waals surface area contributed by atoms with Crippen molar-refractivity contribution in [2.45, 2.75) is 183 Å². The number of aliphatic carboxylic acids is 1. The summed E-state index contributed by atoms with van der Waals surface area (Å²) < 4.78 is 0. The first-order chi connectivity index (χ1) is 45.2. The summed E-state index contributed by atoms with van der Waals surface area (Å²) in [5.41, 5.74) is 35.0. The molecule has 0 bridgehead atoms. The number of nitrogens with two attached hydrogens (primary N) is 6. The Hall–Kier alpha value is -8.91. The number of benzene rings is 2. The maximum absolute atomic E-state index is 14.7. The lowest BCUT2D eigenvalue weighted by Crippen LogP contribution is -2.60. The molecule has 2 saturated heterocycles. The molecule has 0 spiro atoms. The number of primary amides is 2. The molecular weight excluding hydrogens is 1250 g/mol. The Labute approximate surface area is 557 Å². The third kappa shape index (κ3) is 27.5. The van der Waals surface area contributed by atoms with Gasteiger partial charge in [0.15, 0.2) is 5.96 Å². The smallest absolute Gasteiger partial charge is 0.326 e. The van der Waals surface area contributed by atoms with E-state index in [0.717, 1.165) is 0 Å². The summed E-state index contributed by atoms with van der Waals surface area (Å²) in [4.78, 5) is 184. The van der Waals surface area contributed by atoms with Crippen molar-refractivity contribution in [1.29, 1.82) is 0 Å². The quantitative estimate of drug-likeness (QED) is 0.0178. The number of carbonyl (C=O) groups is 13. The van der Waals surface area contributed by atoms with Gasteiger partial charge in [-0.3, -0.25) is 62.5 Å². The van der Waals surface area contributed by atoms with Gasteiger partial charge in [0, 0.05) is 45.3 Å². The summed E-state index contributed by atoms with van der Waals surface area (Å²) in [7, 11) is 0. The lowest BCUT2D eigenvalue weighted by atomic mass is 10.0. The van der Waals surface area contributed by atoms with Gasteiger partial charge in [0.2, 0.25) is 70.9 Å². The van der Waals surface area contributed by atoms with E-state index in [4.69, 9.17) is 34.4 Å². The largest absolute Gasteiger partial charge is 0.480 e. The average Bonchev–Trinajstić information content (AvgIpc) is 1.74. The van der Waals surface area contributed by atoms with Crippen LogP contribution < -0.4 is 76.9 Å². The van der Waals surface area contributed by atoms with E-state index in [-0.39, 0.29) is 83.0 Å². The van der Waals surface area contributed by atoms with Gasteiger partial charge in [-0.15, -0.1) is 0 Å². The summed E-state index contributed by atoms with van der Waals surface area (Å²) in [5, 5.41) is 30.6. The Bertz CT molecular complexity index is 2960. The minimum absolute atomic E-state index is 0.0706. The van der Waals surface area contributed by atoms with E-state index in [0.29, 0.717) is 55.4 Å². The number of carboxylic acid groups (broad SMARTS) is 1. The van der Waals surface area contributed by atoms with Crippen LogP contribution in [0.1, 0.15) is 121 Å². The molecule has 2 aliphatic heterocycles. The van der Waals surface area contributed by atoms with Crippen molar-refractivity contribution < 1.29 is 67.4 Å². The lowest BCUT2D eigenvalue weighted by Gasteiger charge is -2.32. The second kappa shape index (κ2) is 41.0. The van der Waals surface area contributed by atoms with Gasteiger partial charge in [-0.2, -0.15) is 11.8 Å². The number of hydrogen-bond acceptors (Lipinski definition) is 17. The fraction of sp³-hybridized carbons (Fsp3) is 0.587. The van der Waals surface area contributed by atoms with Gasteiger partial charge in [-0.05, 0) is 119 Å². The van der Waals surface area contributed by atoms with Crippen LogP contribution in [0.25, 0.3) is 0 Å². The molecule has 32 heteroatoms. The Morgan fingerprint density at radius 2 is 1.03 bits per heavy atom. The molecule has 0 aliphatic carbocycles. The first kappa shape index (κ1) is 78.5. The molecule has 10 atom stereocenters. The summed E-state index contributed by atoms with van der Waals surface area (Å²) in [6, 6.07) is 4.12. The Kier molecular flexibility index (Phi) is 33.9. The summed E-state index contributed by atoms with van der Waals surface area (Å²) in [6.45, 7) is 3.78. The van der Waals surface area contributed by atoms with E-state index in [1.54, 1.807) is 80.8 Å². The van der Waals surface area contributed by atoms with Gasteiger partial charge in [0.1, 0.15) is 54.4 Å². The van der Waals surface area contributed by atoms with E-state index < -0.39 is 170 Å². The molecule has 2 aromatic carbocycles. The Morgan fingerprint density at radius 3 is 1.53 bits per heavy atom. The molecular formula is C63H97N17O14S. The standard InChI is InChI=1S/C63H97N17O14S/c1-37(2)33-45(56(87)76-44(62(93)94)27-32-95-3)72-52(83)36-71-53(84)46(34-38-15-6-4-7-16-38)77-57(88)47(35-39-17-8-5-9-18-39)78-55(86)41(23-25-50(66)81)73-54(85)42(24-26-51(67)82)74-58(89)49-22-14-31-80(49)61(92)43(20-10-11-28-64)75-59(90)48-21-13-30-79(48)60(91)40(65)19-12-29-70-63(68)69/h4-9,15-18,37,40-49H,10-14,19-36,64-65H2,1-3H3,(H2,66,81)(H2,67,82)(H,71,84)(H,72,83)(H,73,85)(H,74,89)(H,75,90)(H,76,87)(H,77,88)(H,78,86)(H,93,94)(H4,68,69,70)/t40-,41-,42-,43+,44-,45+,46+,47+,48-,49+/m0/s1.